The Morgan fingerprint density at radius 2 is 1.85 bits per heavy atom. The molecule has 2 aromatic rings. The second-order valence-corrected chi connectivity index (χ2v) is 8.61. The maximum atomic E-state index is 11.7. The van der Waals surface area contributed by atoms with Gasteiger partial charge in [-0.2, -0.15) is 9.61 Å². The first-order valence-corrected chi connectivity index (χ1v) is 10.4. The Kier molecular flexibility index (Phi) is 4.34. The molecule has 5 rings (SSSR count). The minimum Gasteiger partial charge on any atom is -0.345 e. The van der Waals surface area contributed by atoms with Crippen LogP contribution in [-0.4, -0.2) is 68.7 Å². The van der Waals surface area contributed by atoms with E-state index in [1.807, 2.05) is 16.5 Å². The number of hydrogen-bond acceptors (Lipinski definition) is 5. The Hall–Kier alpha value is -2.02. The maximum Gasteiger partial charge on any atom is 0.222 e. The van der Waals surface area contributed by atoms with E-state index < -0.39 is 0 Å². The molecule has 3 fully saturated rings. The van der Waals surface area contributed by atoms with Crippen LogP contribution in [0.3, 0.4) is 0 Å². The molecule has 144 valence electrons. The fourth-order valence-electron chi connectivity index (χ4n) is 4.66. The van der Waals surface area contributed by atoms with E-state index in [2.05, 4.69) is 27.2 Å². The van der Waals surface area contributed by atoms with Gasteiger partial charge in [0.25, 0.3) is 0 Å². The molecule has 4 heterocycles. The molecule has 0 radical (unpaired) electrons. The first-order valence-electron chi connectivity index (χ1n) is 10.4. The summed E-state index contributed by atoms with van der Waals surface area (Å²) in [5.74, 6) is 3.03. The van der Waals surface area contributed by atoms with Gasteiger partial charge >= 0.3 is 0 Å². The highest BCUT2D eigenvalue weighted by molar-refractivity contribution is 5.76. The topological polar surface area (TPSA) is 66.6 Å². The molecule has 1 saturated carbocycles. The summed E-state index contributed by atoms with van der Waals surface area (Å²) in [5.41, 5.74) is 2.06. The Balaban J connectivity index is 1.22. The molecule has 0 spiro atoms. The molecule has 2 aliphatic heterocycles. The van der Waals surface area contributed by atoms with Crippen LogP contribution in [-0.2, 0) is 4.79 Å². The number of likely N-dealkylation sites (tertiary alicyclic amines) is 2. The minimum absolute atomic E-state index is 0.293. The fourth-order valence-corrected chi connectivity index (χ4v) is 4.66. The van der Waals surface area contributed by atoms with Gasteiger partial charge in [0.1, 0.15) is 0 Å². The number of amides is 1. The molecule has 3 aliphatic rings. The second kappa shape index (κ2) is 6.86. The highest BCUT2D eigenvalue weighted by atomic mass is 16.2. The Morgan fingerprint density at radius 1 is 1.04 bits per heavy atom. The average molecular weight is 368 g/mol. The monoisotopic (exact) mass is 368 g/mol. The maximum absolute atomic E-state index is 11.7. The van der Waals surface area contributed by atoms with Gasteiger partial charge in [0.05, 0.1) is 5.69 Å². The van der Waals surface area contributed by atoms with Crippen LogP contribution in [0.4, 0.5) is 0 Å². The van der Waals surface area contributed by atoms with Crippen molar-refractivity contribution in [3.05, 3.63) is 23.7 Å². The quantitative estimate of drug-likeness (QED) is 0.826. The lowest BCUT2D eigenvalue weighted by Crippen LogP contribution is -2.44. The van der Waals surface area contributed by atoms with Gasteiger partial charge in [-0.3, -0.25) is 4.79 Å². The van der Waals surface area contributed by atoms with Gasteiger partial charge in [0.2, 0.25) is 5.91 Å². The number of carbonyl (C=O) groups is 1. The van der Waals surface area contributed by atoms with E-state index in [1.54, 1.807) is 0 Å². The number of hydrogen-bond donors (Lipinski definition) is 0. The Morgan fingerprint density at radius 3 is 2.59 bits per heavy atom. The van der Waals surface area contributed by atoms with Crippen molar-refractivity contribution in [1.29, 1.82) is 0 Å². The van der Waals surface area contributed by atoms with Crippen molar-refractivity contribution in [2.75, 3.05) is 33.2 Å². The van der Waals surface area contributed by atoms with Crippen LogP contribution in [0.2, 0.25) is 0 Å². The molecule has 7 heteroatoms. The first kappa shape index (κ1) is 17.1. The van der Waals surface area contributed by atoms with E-state index in [9.17, 15) is 4.79 Å². The van der Waals surface area contributed by atoms with E-state index in [1.165, 1.54) is 18.5 Å². The first-order chi connectivity index (χ1) is 13.2. The second-order valence-electron chi connectivity index (χ2n) is 8.61. The molecular formula is C20H28N6O. The highest BCUT2D eigenvalue weighted by Gasteiger charge is 2.30. The number of fused-ring (bicyclic) bond motifs is 1. The summed E-state index contributed by atoms with van der Waals surface area (Å²) < 4.78 is 2.00. The number of aromatic nitrogens is 4. The molecule has 27 heavy (non-hydrogen) atoms. The molecule has 1 amide bonds. The Bertz CT molecular complexity index is 836. The van der Waals surface area contributed by atoms with Crippen LogP contribution in [0.15, 0.2) is 12.1 Å². The van der Waals surface area contributed by atoms with Crippen molar-refractivity contribution >= 4 is 11.6 Å². The summed E-state index contributed by atoms with van der Waals surface area (Å²) in [6.07, 6.45) is 6.48. The van der Waals surface area contributed by atoms with Gasteiger partial charge in [-0.25, -0.2) is 0 Å². The fraction of sp³-hybridized carbons (Fsp3) is 0.700. The number of carbonyl (C=O) groups excluding carboxylic acids is 1. The number of piperidine rings is 2. The van der Waals surface area contributed by atoms with E-state index in [4.69, 9.17) is 5.10 Å². The smallest absolute Gasteiger partial charge is 0.222 e. The van der Waals surface area contributed by atoms with Gasteiger partial charge in [-0.05, 0) is 63.2 Å². The van der Waals surface area contributed by atoms with Crippen molar-refractivity contribution in [3.8, 4) is 0 Å². The third kappa shape index (κ3) is 3.45. The third-order valence-electron chi connectivity index (χ3n) is 6.50. The molecule has 0 bridgehead atoms. The van der Waals surface area contributed by atoms with Crippen LogP contribution in [0.25, 0.3) is 5.65 Å². The van der Waals surface area contributed by atoms with Crippen LogP contribution < -0.4 is 0 Å². The summed E-state index contributed by atoms with van der Waals surface area (Å²) in [7, 11) is 1.93. The summed E-state index contributed by atoms with van der Waals surface area (Å²) in [4.78, 5) is 16.1. The van der Waals surface area contributed by atoms with Crippen molar-refractivity contribution in [2.45, 2.75) is 50.4 Å². The van der Waals surface area contributed by atoms with Gasteiger partial charge in [-0.15, -0.1) is 10.2 Å². The van der Waals surface area contributed by atoms with Crippen LogP contribution >= 0.6 is 0 Å². The van der Waals surface area contributed by atoms with Crippen LogP contribution in [0, 0.1) is 5.92 Å². The third-order valence-corrected chi connectivity index (χ3v) is 6.50. The molecule has 0 N–H and O–H groups in total. The molecule has 1 atom stereocenters. The van der Waals surface area contributed by atoms with Gasteiger partial charge in [-0.1, -0.05) is 0 Å². The summed E-state index contributed by atoms with van der Waals surface area (Å²) in [5, 5.41) is 13.7. The van der Waals surface area contributed by atoms with E-state index in [0.717, 1.165) is 56.9 Å². The summed E-state index contributed by atoms with van der Waals surface area (Å²) >= 11 is 0. The molecule has 2 saturated heterocycles. The average Bonchev–Trinajstić information content (AvgIpc) is 3.45. The van der Waals surface area contributed by atoms with Crippen LogP contribution in [0.5, 0.6) is 0 Å². The van der Waals surface area contributed by atoms with E-state index >= 15 is 0 Å². The normalized spacial score (nSPS) is 25.4. The summed E-state index contributed by atoms with van der Waals surface area (Å²) in [6, 6.07) is 4.17. The standard InChI is InChI=1S/C20H28N6O/c1-24-12-14(2-7-19(24)27)13-25-10-8-16(9-11-25)20-22-21-18-6-5-17(15-3-4-15)23-26(18)20/h5-6,14-16H,2-4,7-13H2,1H3. The SMILES string of the molecule is CN1CC(CN2CCC(c3nnc4ccc(C5CC5)nn34)CC2)CCC1=O. The van der Waals surface area contributed by atoms with Crippen molar-refractivity contribution in [2.24, 2.45) is 5.92 Å². The van der Waals surface area contributed by atoms with E-state index in [-0.39, 0.29) is 0 Å². The lowest BCUT2D eigenvalue weighted by atomic mass is 9.93. The highest BCUT2D eigenvalue weighted by Crippen LogP contribution is 2.39. The lowest BCUT2D eigenvalue weighted by Gasteiger charge is -2.36. The molecule has 0 aromatic carbocycles. The van der Waals surface area contributed by atoms with Crippen LogP contribution in [0.1, 0.15) is 61.9 Å². The molecule has 1 unspecified atom stereocenters. The minimum atomic E-state index is 0.293. The predicted molar refractivity (Wildman–Crippen MR) is 102 cm³/mol. The zero-order valence-electron chi connectivity index (χ0n) is 16.0. The molecule has 1 aliphatic carbocycles. The Labute approximate surface area is 159 Å². The molecule has 2 aromatic heterocycles. The molecule has 7 nitrogen and oxygen atoms in total. The van der Waals surface area contributed by atoms with Gasteiger partial charge in [0.15, 0.2) is 11.5 Å². The lowest BCUT2D eigenvalue weighted by molar-refractivity contribution is -0.133. The van der Waals surface area contributed by atoms with Gasteiger partial charge < -0.3 is 9.80 Å². The van der Waals surface area contributed by atoms with Crippen molar-refractivity contribution in [1.82, 2.24) is 29.6 Å². The van der Waals surface area contributed by atoms with Crippen molar-refractivity contribution < 1.29 is 4.79 Å². The zero-order valence-corrected chi connectivity index (χ0v) is 16.0. The number of rotatable bonds is 4. The zero-order chi connectivity index (χ0) is 18.4. The largest absolute Gasteiger partial charge is 0.345 e. The number of nitrogens with zero attached hydrogens (tertiary/aromatic N) is 6. The molecular weight excluding hydrogens is 340 g/mol. The van der Waals surface area contributed by atoms with Crippen molar-refractivity contribution in [3.63, 3.8) is 0 Å². The summed E-state index contributed by atoms with van der Waals surface area (Å²) in [6.45, 7) is 4.20. The van der Waals surface area contributed by atoms with E-state index in [0.29, 0.717) is 30.1 Å². The van der Waals surface area contributed by atoms with Gasteiger partial charge in [0, 0.05) is 38.4 Å². The predicted octanol–water partition coefficient (Wildman–Crippen LogP) is 2.05.